The fraction of sp³-hybridized carbons (Fsp3) is 0.400. The molecule has 0 amide bonds. The number of furan rings is 1. The van der Waals surface area contributed by atoms with E-state index < -0.39 is 10.0 Å². The van der Waals surface area contributed by atoms with E-state index >= 15 is 0 Å². The molecule has 0 bridgehead atoms. The Bertz CT molecular complexity index is 673. The van der Waals surface area contributed by atoms with Crippen LogP contribution in [0.1, 0.15) is 23.2 Å². The Hall–Kier alpha value is -1.71. The van der Waals surface area contributed by atoms with Crippen molar-refractivity contribution < 1.29 is 22.5 Å². The molecule has 19 heavy (non-hydrogen) atoms. The molecule has 0 atom stereocenters. The molecule has 0 unspecified atom stereocenters. The molecule has 0 radical (unpaired) electrons. The average molecular weight is 287 g/mol. The van der Waals surface area contributed by atoms with Gasteiger partial charge in [0.25, 0.3) is 0 Å². The van der Waals surface area contributed by atoms with E-state index in [2.05, 4.69) is 14.9 Å². The number of nitrogens with one attached hydrogen (secondary N) is 1. The van der Waals surface area contributed by atoms with Gasteiger partial charge < -0.3 is 14.0 Å². The van der Waals surface area contributed by atoms with Crippen molar-refractivity contribution in [3.8, 4) is 0 Å². The summed E-state index contributed by atoms with van der Waals surface area (Å²) in [6.07, 6.45) is 0. The van der Waals surface area contributed by atoms with Crippen molar-refractivity contribution in [2.45, 2.75) is 31.9 Å². The van der Waals surface area contributed by atoms with E-state index in [0.717, 1.165) is 0 Å². The molecule has 2 rings (SSSR count). The Balaban J connectivity index is 2.15. The highest BCUT2D eigenvalue weighted by molar-refractivity contribution is 7.89. The molecule has 0 aliphatic heterocycles. The summed E-state index contributed by atoms with van der Waals surface area (Å²) >= 11 is 0. The summed E-state index contributed by atoms with van der Waals surface area (Å²) in [5, 5.41) is 12.5. The van der Waals surface area contributed by atoms with Gasteiger partial charge in [-0.15, -0.1) is 0 Å². The van der Waals surface area contributed by atoms with Crippen LogP contribution < -0.4 is 4.72 Å². The van der Waals surface area contributed by atoms with Crippen molar-refractivity contribution in [1.29, 1.82) is 0 Å². The monoisotopic (exact) mass is 287 g/mol. The molecule has 0 fully saturated rings. The maximum atomic E-state index is 12.0. The Morgan fingerprint density at radius 3 is 2.68 bits per heavy atom. The van der Waals surface area contributed by atoms with Gasteiger partial charge in [-0.2, -0.15) is 4.98 Å². The number of aliphatic hydroxyl groups is 1. The highest BCUT2D eigenvalue weighted by Crippen LogP contribution is 2.20. The maximum Gasteiger partial charge on any atom is 0.244 e. The van der Waals surface area contributed by atoms with Crippen LogP contribution in [0.2, 0.25) is 0 Å². The maximum absolute atomic E-state index is 12.0. The molecule has 0 saturated heterocycles. The van der Waals surface area contributed by atoms with Gasteiger partial charge in [0.15, 0.2) is 5.82 Å². The molecule has 2 N–H and O–H groups in total. The van der Waals surface area contributed by atoms with Gasteiger partial charge in [0.2, 0.25) is 15.9 Å². The highest BCUT2D eigenvalue weighted by atomic mass is 32.2. The molecule has 2 heterocycles. The van der Waals surface area contributed by atoms with Crippen LogP contribution >= 0.6 is 0 Å². The first-order valence-electron chi connectivity index (χ1n) is 5.41. The lowest BCUT2D eigenvalue weighted by atomic mass is 10.4. The zero-order valence-electron chi connectivity index (χ0n) is 10.4. The number of aryl methyl sites for hydroxylation is 2. The molecule has 0 aromatic carbocycles. The lowest BCUT2D eigenvalue weighted by molar-refractivity contribution is 0.244. The van der Waals surface area contributed by atoms with E-state index in [4.69, 9.17) is 14.0 Å². The normalized spacial score (nSPS) is 11.9. The zero-order valence-corrected chi connectivity index (χ0v) is 11.2. The van der Waals surface area contributed by atoms with Crippen LogP contribution in [0, 0.1) is 13.8 Å². The van der Waals surface area contributed by atoms with E-state index in [9.17, 15) is 8.42 Å². The summed E-state index contributed by atoms with van der Waals surface area (Å²) in [5.74, 6) is 0.991. The first-order valence-corrected chi connectivity index (χ1v) is 6.89. The molecular weight excluding hydrogens is 274 g/mol. The minimum Gasteiger partial charge on any atom is -0.462 e. The van der Waals surface area contributed by atoms with E-state index in [1.165, 1.54) is 13.0 Å². The average Bonchev–Trinajstić information content (AvgIpc) is 2.93. The molecule has 9 heteroatoms. The minimum atomic E-state index is -3.75. The number of hydrogen-bond donors (Lipinski definition) is 2. The molecule has 2 aromatic rings. The quantitative estimate of drug-likeness (QED) is 0.809. The lowest BCUT2D eigenvalue weighted by Gasteiger charge is -2.02. The topological polar surface area (TPSA) is 118 Å². The Labute approximate surface area is 109 Å². The van der Waals surface area contributed by atoms with Crippen molar-refractivity contribution >= 4 is 10.0 Å². The second-order valence-electron chi connectivity index (χ2n) is 3.85. The summed E-state index contributed by atoms with van der Waals surface area (Å²) in [5.41, 5.74) is 0. The van der Waals surface area contributed by atoms with E-state index in [1.807, 2.05) is 0 Å². The second-order valence-corrected chi connectivity index (χ2v) is 5.59. The van der Waals surface area contributed by atoms with Crippen LogP contribution in [0.4, 0.5) is 0 Å². The molecule has 104 valence electrons. The zero-order chi connectivity index (χ0) is 14.0. The van der Waals surface area contributed by atoms with Crippen molar-refractivity contribution in [3.63, 3.8) is 0 Å². The second kappa shape index (κ2) is 5.11. The molecular formula is C10H13N3O5S. The summed E-state index contributed by atoms with van der Waals surface area (Å²) in [6.45, 7) is 2.67. The van der Waals surface area contributed by atoms with Gasteiger partial charge in [-0.05, 0) is 13.8 Å². The Kier molecular flexibility index (Phi) is 3.69. The molecule has 2 aromatic heterocycles. The number of rotatable bonds is 5. The van der Waals surface area contributed by atoms with Crippen LogP contribution in [0.3, 0.4) is 0 Å². The molecule has 0 aliphatic carbocycles. The smallest absolute Gasteiger partial charge is 0.244 e. The first-order chi connectivity index (χ1) is 8.92. The van der Waals surface area contributed by atoms with Crippen LogP contribution in [-0.4, -0.2) is 23.7 Å². The van der Waals surface area contributed by atoms with Crippen molar-refractivity contribution in [3.05, 3.63) is 29.3 Å². The Morgan fingerprint density at radius 2 is 2.16 bits per heavy atom. The van der Waals surface area contributed by atoms with Gasteiger partial charge in [0.05, 0.1) is 6.54 Å². The molecule has 0 aliphatic rings. The lowest BCUT2D eigenvalue weighted by Crippen LogP contribution is -2.23. The summed E-state index contributed by atoms with van der Waals surface area (Å²) < 4.78 is 36.2. The molecule has 0 spiro atoms. The van der Waals surface area contributed by atoms with Gasteiger partial charge in [0, 0.05) is 6.07 Å². The van der Waals surface area contributed by atoms with Crippen LogP contribution in [0.5, 0.6) is 0 Å². The SMILES string of the molecule is Cc1noc(CNS(=O)(=O)c2cc(CO)oc2C)n1. The van der Waals surface area contributed by atoms with Crippen molar-refractivity contribution in [2.75, 3.05) is 0 Å². The van der Waals surface area contributed by atoms with Gasteiger partial charge in [-0.3, -0.25) is 0 Å². The van der Waals surface area contributed by atoms with Crippen LogP contribution in [0.25, 0.3) is 0 Å². The van der Waals surface area contributed by atoms with E-state index in [-0.39, 0.29) is 35.5 Å². The number of hydrogen-bond acceptors (Lipinski definition) is 7. The van der Waals surface area contributed by atoms with Gasteiger partial charge in [-0.25, -0.2) is 13.1 Å². The number of aliphatic hydroxyl groups excluding tert-OH is 1. The van der Waals surface area contributed by atoms with Crippen molar-refractivity contribution in [1.82, 2.24) is 14.9 Å². The van der Waals surface area contributed by atoms with Crippen LogP contribution in [0.15, 0.2) is 19.9 Å². The largest absolute Gasteiger partial charge is 0.462 e. The first kappa shape index (κ1) is 13.7. The summed E-state index contributed by atoms with van der Waals surface area (Å²) in [6, 6.07) is 1.27. The highest BCUT2D eigenvalue weighted by Gasteiger charge is 2.21. The number of aromatic nitrogens is 2. The van der Waals surface area contributed by atoms with Gasteiger partial charge >= 0.3 is 0 Å². The van der Waals surface area contributed by atoms with Gasteiger partial charge in [0.1, 0.15) is 23.0 Å². The summed E-state index contributed by atoms with van der Waals surface area (Å²) in [4.78, 5) is 3.86. The minimum absolute atomic E-state index is 0.0206. The van der Waals surface area contributed by atoms with E-state index in [1.54, 1.807) is 6.92 Å². The number of sulfonamides is 1. The number of nitrogens with zero attached hydrogens (tertiary/aromatic N) is 2. The van der Waals surface area contributed by atoms with Crippen LogP contribution in [-0.2, 0) is 23.2 Å². The molecule has 0 saturated carbocycles. The predicted molar refractivity (Wildman–Crippen MR) is 62.4 cm³/mol. The third-order valence-corrected chi connectivity index (χ3v) is 3.86. The van der Waals surface area contributed by atoms with E-state index in [0.29, 0.717) is 5.82 Å². The third kappa shape index (κ3) is 3.00. The summed E-state index contributed by atoms with van der Waals surface area (Å²) in [7, 11) is -3.75. The third-order valence-electron chi connectivity index (χ3n) is 2.35. The van der Waals surface area contributed by atoms with Gasteiger partial charge in [-0.1, -0.05) is 5.16 Å². The standard InChI is InChI=1S/C10H13N3O5S/c1-6-9(3-8(5-14)17-6)19(15,16)11-4-10-12-7(2)13-18-10/h3,11,14H,4-5H2,1-2H3. The predicted octanol–water partition coefficient (Wildman–Crippen LogP) is 0.250. The van der Waals surface area contributed by atoms with Crippen molar-refractivity contribution in [2.24, 2.45) is 0 Å². The Morgan fingerprint density at radius 1 is 1.42 bits per heavy atom. The fourth-order valence-corrected chi connectivity index (χ4v) is 2.69. The fourth-order valence-electron chi connectivity index (χ4n) is 1.52. The molecule has 8 nitrogen and oxygen atoms in total.